The molecule has 1 amide bonds. The number of nitrogens with one attached hydrogen (secondary N) is 2. The van der Waals surface area contributed by atoms with Crippen LogP contribution < -0.4 is 15.4 Å². The molecule has 0 saturated carbocycles. The first kappa shape index (κ1) is 18.5. The number of anilines is 3. The van der Waals surface area contributed by atoms with E-state index in [4.69, 9.17) is 4.74 Å². The molecule has 0 aliphatic heterocycles. The first-order chi connectivity index (χ1) is 13.0. The number of carbonyl (C=O) groups is 1. The van der Waals surface area contributed by atoms with Crippen LogP contribution in [0.25, 0.3) is 0 Å². The van der Waals surface area contributed by atoms with E-state index >= 15 is 0 Å². The predicted molar refractivity (Wildman–Crippen MR) is 109 cm³/mol. The quantitative estimate of drug-likeness (QED) is 0.670. The summed E-state index contributed by atoms with van der Waals surface area (Å²) in [6, 6.07) is 13.3. The number of benzene rings is 2. The molecule has 2 N–H and O–H groups in total. The van der Waals surface area contributed by atoms with Crippen molar-refractivity contribution in [3.8, 4) is 5.75 Å². The molecule has 3 aromatic rings. The van der Waals surface area contributed by atoms with Crippen LogP contribution in [-0.4, -0.2) is 18.0 Å². The van der Waals surface area contributed by atoms with Crippen molar-refractivity contribution in [1.29, 1.82) is 0 Å². The summed E-state index contributed by atoms with van der Waals surface area (Å²) < 4.78 is 5.18. The average Bonchev–Trinajstić information content (AvgIpc) is 2.65. The monoisotopic (exact) mass is 361 g/mol. The van der Waals surface area contributed by atoms with Crippen LogP contribution in [0.5, 0.6) is 5.75 Å². The van der Waals surface area contributed by atoms with Crippen molar-refractivity contribution in [2.75, 3.05) is 17.7 Å². The minimum atomic E-state index is -0.225. The van der Waals surface area contributed by atoms with Gasteiger partial charge in [-0.2, -0.15) is 0 Å². The second-order valence-corrected chi connectivity index (χ2v) is 6.55. The molecule has 1 heterocycles. The van der Waals surface area contributed by atoms with Gasteiger partial charge in [0.1, 0.15) is 5.75 Å². The molecule has 2 aromatic carbocycles. The summed E-state index contributed by atoms with van der Waals surface area (Å²) in [6.07, 6.45) is 3.26. The van der Waals surface area contributed by atoms with Crippen molar-refractivity contribution >= 4 is 23.0 Å². The Labute approximate surface area is 159 Å². The Kier molecular flexibility index (Phi) is 5.41. The van der Waals surface area contributed by atoms with Gasteiger partial charge >= 0.3 is 0 Å². The fourth-order valence-corrected chi connectivity index (χ4v) is 3.06. The first-order valence-electron chi connectivity index (χ1n) is 8.71. The molecule has 138 valence electrons. The standard InChI is InChI=1S/C22H23N3O2/c1-14-8-15(2)21(16(3)9-14)24-19-10-17(12-23-13-19)22(26)25-18-6-5-7-20(11-18)27-4/h5-13,24H,1-4H3,(H,25,26). The second kappa shape index (κ2) is 7.91. The van der Waals surface area contributed by atoms with Crippen molar-refractivity contribution in [2.24, 2.45) is 0 Å². The SMILES string of the molecule is COc1cccc(NC(=O)c2cncc(Nc3c(C)cc(C)cc3C)c2)c1. The Hall–Kier alpha value is -3.34. The Balaban J connectivity index is 1.80. The second-order valence-electron chi connectivity index (χ2n) is 6.55. The number of rotatable bonds is 5. The molecule has 0 fully saturated rings. The lowest BCUT2D eigenvalue weighted by Gasteiger charge is -2.14. The van der Waals surface area contributed by atoms with Gasteiger partial charge in [0.05, 0.1) is 24.6 Å². The van der Waals surface area contributed by atoms with Gasteiger partial charge in [0.2, 0.25) is 0 Å². The van der Waals surface area contributed by atoms with E-state index in [0.29, 0.717) is 17.0 Å². The number of ether oxygens (including phenoxy) is 1. The Morgan fingerprint density at radius 3 is 2.41 bits per heavy atom. The van der Waals surface area contributed by atoms with E-state index < -0.39 is 0 Å². The number of nitrogens with zero attached hydrogens (tertiary/aromatic N) is 1. The molecular weight excluding hydrogens is 338 g/mol. The predicted octanol–water partition coefficient (Wildman–Crippen LogP) is 5.01. The zero-order valence-corrected chi connectivity index (χ0v) is 16.0. The number of hydrogen-bond acceptors (Lipinski definition) is 4. The Morgan fingerprint density at radius 2 is 1.70 bits per heavy atom. The number of hydrogen-bond donors (Lipinski definition) is 2. The molecule has 5 heteroatoms. The molecule has 5 nitrogen and oxygen atoms in total. The van der Waals surface area contributed by atoms with Gasteiger partial charge in [0, 0.05) is 23.6 Å². The third-order valence-electron chi connectivity index (χ3n) is 4.27. The fourth-order valence-electron chi connectivity index (χ4n) is 3.06. The van der Waals surface area contributed by atoms with Gasteiger partial charge in [-0.05, 0) is 50.1 Å². The fraction of sp³-hybridized carbons (Fsp3) is 0.182. The van der Waals surface area contributed by atoms with Crippen molar-refractivity contribution in [3.63, 3.8) is 0 Å². The molecule has 0 unspecified atom stereocenters. The topological polar surface area (TPSA) is 63.2 Å². The van der Waals surface area contributed by atoms with Crippen molar-refractivity contribution in [3.05, 3.63) is 77.1 Å². The summed E-state index contributed by atoms with van der Waals surface area (Å²) in [5.41, 5.74) is 6.47. The van der Waals surface area contributed by atoms with Gasteiger partial charge in [0.25, 0.3) is 5.91 Å². The van der Waals surface area contributed by atoms with Gasteiger partial charge in [-0.25, -0.2) is 0 Å². The van der Waals surface area contributed by atoms with Gasteiger partial charge in [-0.15, -0.1) is 0 Å². The normalized spacial score (nSPS) is 10.4. The molecule has 27 heavy (non-hydrogen) atoms. The van der Waals surface area contributed by atoms with E-state index in [1.807, 2.05) is 18.2 Å². The highest BCUT2D eigenvalue weighted by Gasteiger charge is 2.10. The van der Waals surface area contributed by atoms with Crippen LogP contribution in [0.3, 0.4) is 0 Å². The lowest BCUT2D eigenvalue weighted by atomic mass is 10.0. The van der Waals surface area contributed by atoms with Crippen LogP contribution in [0.4, 0.5) is 17.1 Å². The summed E-state index contributed by atoms with van der Waals surface area (Å²) in [4.78, 5) is 16.8. The highest BCUT2D eigenvalue weighted by atomic mass is 16.5. The molecule has 0 aliphatic rings. The highest BCUT2D eigenvalue weighted by Crippen LogP contribution is 2.26. The number of carbonyl (C=O) groups excluding carboxylic acids is 1. The molecule has 3 rings (SSSR count). The van der Waals surface area contributed by atoms with E-state index in [0.717, 1.165) is 22.5 Å². The third-order valence-corrected chi connectivity index (χ3v) is 4.27. The molecule has 0 atom stereocenters. The number of methoxy groups -OCH3 is 1. The van der Waals surface area contributed by atoms with Crippen LogP contribution in [0.2, 0.25) is 0 Å². The van der Waals surface area contributed by atoms with E-state index in [9.17, 15) is 4.79 Å². The van der Waals surface area contributed by atoms with E-state index in [2.05, 4.69) is 48.5 Å². The lowest BCUT2D eigenvalue weighted by Crippen LogP contribution is -2.12. The largest absolute Gasteiger partial charge is 0.497 e. The molecule has 0 radical (unpaired) electrons. The van der Waals surface area contributed by atoms with Gasteiger partial charge in [0.15, 0.2) is 0 Å². The zero-order valence-electron chi connectivity index (χ0n) is 16.0. The van der Waals surface area contributed by atoms with Crippen LogP contribution in [0.15, 0.2) is 54.9 Å². The summed E-state index contributed by atoms with van der Waals surface area (Å²) in [6.45, 7) is 6.21. The molecule has 0 spiro atoms. The summed E-state index contributed by atoms with van der Waals surface area (Å²) >= 11 is 0. The van der Waals surface area contributed by atoms with Gasteiger partial charge in [-0.1, -0.05) is 23.8 Å². The maximum atomic E-state index is 12.6. The van der Waals surface area contributed by atoms with Crippen LogP contribution in [-0.2, 0) is 0 Å². The van der Waals surface area contributed by atoms with Crippen molar-refractivity contribution in [1.82, 2.24) is 4.98 Å². The molecular formula is C22H23N3O2. The first-order valence-corrected chi connectivity index (χ1v) is 8.71. The third kappa shape index (κ3) is 4.44. The number of aryl methyl sites for hydroxylation is 3. The van der Waals surface area contributed by atoms with Crippen LogP contribution >= 0.6 is 0 Å². The summed E-state index contributed by atoms with van der Waals surface area (Å²) in [5.74, 6) is 0.461. The highest BCUT2D eigenvalue weighted by molar-refractivity contribution is 6.04. The smallest absolute Gasteiger partial charge is 0.257 e. The molecule has 0 bridgehead atoms. The van der Waals surface area contributed by atoms with Crippen LogP contribution in [0.1, 0.15) is 27.0 Å². The minimum absolute atomic E-state index is 0.225. The Morgan fingerprint density at radius 1 is 0.963 bits per heavy atom. The molecule has 0 saturated heterocycles. The van der Waals surface area contributed by atoms with Gasteiger partial charge in [-0.3, -0.25) is 9.78 Å². The number of pyridine rings is 1. The maximum absolute atomic E-state index is 12.6. The van der Waals surface area contributed by atoms with Gasteiger partial charge < -0.3 is 15.4 Å². The van der Waals surface area contributed by atoms with Crippen molar-refractivity contribution < 1.29 is 9.53 Å². The van der Waals surface area contributed by atoms with E-state index in [1.54, 1.807) is 31.6 Å². The number of amides is 1. The summed E-state index contributed by atoms with van der Waals surface area (Å²) in [5, 5.41) is 6.25. The minimum Gasteiger partial charge on any atom is -0.497 e. The van der Waals surface area contributed by atoms with Crippen molar-refractivity contribution in [2.45, 2.75) is 20.8 Å². The zero-order chi connectivity index (χ0) is 19.4. The van der Waals surface area contributed by atoms with E-state index in [-0.39, 0.29) is 5.91 Å². The number of aromatic nitrogens is 1. The summed E-state index contributed by atoms with van der Waals surface area (Å²) in [7, 11) is 1.59. The lowest BCUT2D eigenvalue weighted by molar-refractivity contribution is 0.102. The molecule has 1 aromatic heterocycles. The van der Waals surface area contributed by atoms with Crippen LogP contribution in [0, 0.1) is 20.8 Å². The maximum Gasteiger partial charge on any atom is 0.257 e. The molecule has 0 aliphatic carbocycles. The van der Waals surface area contributed by atoms with E-state index in [1.165, 1.54) is 5.56 Å². The average molecular weight is 361 g/mol. The Bertz CT molecular complexity index is 960.